The fraction of sp³-hybridized carbons (Fsp3) is 0. The van der Waals surface area contributed by atoms with Gasteiger partial charge in [-0.05, 0) is 0 Å². The van der Waals surface area contributed by atoms with Crippen molar-refractivity contribution in [2.75, 3.05) is 0 Å². The third-order valence-electron chi connectivity index (χ3n) is 1.57. The molecule has 0 aliphatic heterocycles. The molecule has 0 heterocycles. The van der Waals surface area contributed by atoms with E-state index in [1.807, 2.05) is 61.1 Å². The zero-order chi connectivity index (χ0) is 14.2. The van der Waals surface area contributed by atoms with E-state index in [-0.39, 0.29) is 4.60 Å². The van der Waals surface area contributed by atoms with Crippen molar-refractivity contribution < 1.29 is 30.0 Å². The number of hydrogen-bond donors (Lipinski definition) is 1. The fourth-order valence-electron chi connectivity index (χ4n) is 0.896. The minimum atomic E-state index is 0.183. The summed E-state index contributed by atoms with van der Waals surface area (Å²) in [6, 6.07) is 9.28. The molecule has 2 rings (SSSR count). The van der Waals surface area contributed by atoms with Crippen LogP contribution in [0, 0.1) is 19.7 Å². The molecule has 0 bridgehead atoms. The molecule has 18 heavy (non-hydrogen) atoms. The number of hydrogen-bond acceptors (Lipinski definition) is 1. The van der Waals surface area contributed by atoms with Crippen LogP contribution in [0.4, 0.5) is 0 Å². The molecule has 0 fully saturated rings. The van der Waals surface area contributed by atoms with Gasteiger partial charge in [-0.3, -0.25) is 0 Å². The van der Waals surface area contributed by atoms with Crippen molar-refractivity contribution in [3.63, 3.8) is 0 Å². The smallest absolute Gasteiger partial charge is 0.00506 e. The van der Waals surface area contributed by atoms with Crippen molar-refractivity contribution in [2.24, 2.45) is 0 Å². The van der Waals surface area contributed by atoms with Gasteiger partial charge in [0.15, 0.2) is 0 Å². The topological polar surface area (TPSA) is 60.0 Å². The quantitative estimate of drug-likeness (QED) is 0.479. The summed E-state index contributed by atoms with van der Waals surface area (Å²) in [4.78, 5) is 0. The van der Waals surface area contributed by atoms with Crippen molar-refractivity contribution in [2.45, 2.75) is 0 Å². The van der Waals surface area contributed by atoms with E-state index in [4.69, 9.17) is 14.4 Å². The molecule has 0 atom stereocenters. The summed E-state index contributed by atoms with van der Waals surface area (Å²) >= 11 is 2.95. The van der Waals surface area contributed by atoms with Gasteiger partial charge in [-0.25, -0.2) is 0 Å². The van der Waals surface area contributed by atoms with E-state index in [2.05, 4.69) is 28.9 Å². The predicted octanol–water partition coefficient (Wildman–Crippen LogP) is 2.33. The average Bonchev–Trinajstić information content (AvgIpc) is 3.03. The molecule has 1 aliphatic rings. The molecule has 1 N–H and O–H groups in total. The third-order valence-corrected chi connectivity index (χ3v) is 1.91. The van der Waals surface area contributed by atoms with Gasteiger partial charge in [0.25, 0.3) is 0 Å². The van der Waals surface area contributed by atoms with Gasteiger partial charge in [0.2, 0.25) is 0 Å². The van der Waals surface area contributed by atoms with Crippen LogP contribution >= 0.6 is 0 Å². The Bertz CT molecular complexity index is 400. The maximum atomic E-state index is 8.86. The minimum absolute atomic E-state index is 0.183. The zero-order valence-corrected chi connectivity index (χ0v) is 10.6. The van der Waals surface area contributed by atoms with E-state index in [9.17, 15) is 0 Å². The van der Waals surface area contributed by atoms with E-state index in [1.165, 1.54) is 0 Å². The first-order valence-corrected chi connectivity index (χ1v) is 5.24. The molecular formula is C14H11MnO3. The Kier molecular flexibility index (Phi) is 16.3. The third kappa shape index (κ3) is 11.0. The number of rotatable bonds is 1. The molecule has 1 aromatic carbocycles. The summed E-state index contributed by atoms with van der Waals surface area (Å²) in [6.45, 7) is 9.00. The van der Waals surface area contributed by atoms with Crippen molar-refractivity contribution >= 4 is 4.60 Å². The van der Waals surface area contributed by atoms with Crippen molar-refractivity contribution in [1.29, 1.82) is 0 Å². The first-order chi connectivity index (χ1) is 8.80. The van der Waals surface area contributed by atoms with Crippen LogP contribution in [0.15, 0.2) is 54.6 Å². The normalized spacial score (nSPS) is 9.61. The number of benzene rings is 1. The molecule has 1 aromatic rings. The Morgan fingerprint density at radius 2 is 1.33 bits per heavy atom. The molecule has 4 heteroatoms. The minimum Gasteiger partial charge on any atom is -0.0767 e. The monoisotopic (exact) mass is 282 g/mol. The zero-order valence-electron chi connectivity index (χ0n) is 9.42. The Morgan fingerprint density at radius 3 is 1.56 bits per heavy atom. The summed E-state index contributed by atoms with van der Waals surface area (Å²) in [7, 11) is 0. The Morgan fingerprint density at radius 1 is 0.889 bits per heavy atom. The molecule has 0 unspecified atom stereocenters. The van der Waals surface area contributed by atoms with Gasteiger partial charge in [-0.15, -0.1) is 0 Å². The van der Waals surface area contributed by atoms with Crippen LogP contribution in [0.5, 0.6) is 0 Å². The average molecular weight is 282 g/mol. The second-order valence-electron chi connectivity index (χ2n) is 2.62. The second-order valence-corrected chi connectivity index (χ2v) is 3.18. The molecule has 3 nitrogen and oxygen atoms in total. The van der Waals surface area contributed by atoms with E-state index >= 15 is 0 Å². The molecule has 0 saturated carbocycles. The van der Waals surface area contributed by atoms with Crippen LogP contribution in [-0.2, 0) is 24.9 Å². The molecule has 1 aliphatic carbocycles. The molecule has 0 spiro atoms. The second kappa shape index (κ2) is 15.5. The van der Waals surface area contributed by atoms with E-state index in [0.29, 0.717) is 0 Å². The van der Waals surface area contributed by atoms with Gasteiger partial charge in [0.1, 0.15) is 0 Å². The van der Waals surface area contributed by atoms with Crippen LogP contribution in [0.1, 0.15) is 5.56 Å². The van der Waals surface area contributed by atoms with Gasteiger partial charge in [-0.2, -0.15) is 0 Å². The van der Waals surface area contributed by atoms with Crippen molar-refractivity contribution in [3.8, 4) is 0 Å². The molecule has 92 valence electrons. The molecular weight excluding hydrogens is 271 g/mol. The molecule has 0 amide bonds. The summed E-state index contributed by atoms with van der Waals surface area (Å²) in [6.07, 6.45) is 10.0. The van der Waals surface area contributed by atoms with E-state index < -0.39 is 0 Å². The maximum Gasteiger partial charge on any atom is 0.00506 e. The van der Waals surface area contributed by atoms with Crippen LogP contribution in [0.2, 0.25) is 0 Å². The first-order valence-electron chi connectivity index (χ1n) is 4.65. The maximum absolute atomic E-state index is 8.86. The first kappa shape index (κ1) is 18.9. The SMILES string of the molecule is O[C](=[Mn])c1ccccc1.[C-]#[O+].[C-]#[O+].[CH]1C=CC=C1. The van der Waals surface area contributed by atoms with Crippen LogP contribution < -0.4 is 0 Å². The van der Waals surface area contributed by atoms with Crippen molar-refractivity contribution in [1.82, 2.24) is 0 Å². The summed E-state index contributed by atoms with van der Waals surface area (Å²) < 4.78 is 15.2. The van der Waals surface area contributed by atoms with Crippen LogP contribution in [-0.4, -0.2) is 9.71 Å². The molecule has 1 radical (unpaired) electrons. The Hall–Kier alpha value is -1.47. The van der Waals surface area contributed by atoms with Gasteiger partial charge in [0, 0.05) is 6.42 Å². The van der Waals surface area contributed by atoms with Gasteiger partial charge in [0.05, 0.1) is 0 Å². The largest absolute Gasteiger partial charge is 0.0767 e. The van der Waals surface area contributed by atoms with Gasteiger partial charge < -0.3 is 0 Å². The van der Waals surface area contributed by atoms with Crippen molar-refractivity contribution in [3.05, 3.63) is 79.9 Å². The molecule has 0 aromatic heterocycles. The summed E-state index contributed by atoms with van der Waals surface area (Å²) in [5.41, 5.74) is 0.803. The van der Waals surface area contributed by atoms with Crippen LogP contribution in [0.3, 0.4) is 0 Å². The standard InChI is InChI=1S/C7H6O.C5H5.2CO.Mn/c8-6-7-4-2-1-3-5-7;1-2-4-5-3-1;2*1-2;/h1-5,8H;1-5H;;;. The molecule has 0 saturated heterocycles. The predicted molar refractivity (Wildman–Crippen MR) is 62.9 cm³/mol. The number of aliphatic hydroxyl groups excluding tert-OH is 1. The Balaban J connectivity index is 0. The van der Waals surface area contributed by atoms with E-state index in [0.717, 1.165) is 5.56 Å². The number of allylic oxidation sites excluding steroid dienone is 4. The number of aliphatic hydroxyl groups is 1. The fourth-order valence-corrected chi connectivity index (χ4v) is 1.09. The van der Waals surface area contributed by atoms with Crippen LogP contribution in [0.25, 0.3) is 0 Å². The van der Waals surface area contributed by atoms with Gasteiger partial charge in [-0.1, -0.05) is 24.3 Å². The van der Waals surface area contributed by atoms with E-state index in [1.54, 1.807) is 0 Å². The Labute approximate surface area is 115 Å². The summed E-state index contributed by atoms with van der Waals surface area (Å²) in [5.74, 6) is 0. The van der Waals surface area contributed by atoms with Gasteiger partial charge >= 0.3 is 83.8 Å². The summed E-state index contributed by atoms with van der Waals surface area (Å²) in [5, 5.41) is 8.86.